The van der Waals surface area contributed by atoms with Gasteiger partial charge in [-0.15, -0.1) is 0 Å². The van der Waals surface area contributed by atoms with Crippen LogP contribution in [0.5, 0.6) is 11.5 Å². The lowest BCUT2D eigenvalue weighted by Crippen LogP contribution is -2.13. The van der Waals surface area contributed by atoms with Crippen LogP contribution in [0.25, 0.3) is 0 Å². The van der Waals surface area contributed by atoms with Gasteiger partial charge in [0.05, 0.1) is 13.7 Å². The molecule has 0 saturated heterocycles. The molecular weight excluding hydrogens is 356 g/mol. The van der Waals surface area contributed by atoms with Crippen LogP contribution in [0.15, 0.2) is 60.7 Å². The normalized spacial score (nSPS) is 14.2. The molecule has 2 heteroatoms. The van der Waals surface area contributed by atoms with Crippen LogP contribution in [-0.4, -0.2) is 13.7 Å². The molecule has 0 heterocycles. The lowest BCUT2D eigenvalue weighted by atomic mass is 9.77. The number of ether oxygens (including phenoxy) is 2. The minimum Gasteiger partial charge on any atom is -0.497 e. The van der Waals surface area contributed by atoms with Gasteiger partial charge >= 0.3 is 0 Å². The van der Waals surface area contributed by atoms with E-state index in [4.69, 9.17) is 9.47 Å². The number of hydrogen-bond acceptors (Lipinski definition) is 2. The number of fused-ring (bicyclic) bond motifs is 1. The molecule has 1 aliphatic carbocycles. The number of methoxy groups -OCH3 is 1. The van der Waals surface area contributed by atoms with E-state index in [2.05, 4.69) is 74.5 Å². The smallest absolute Gasteiger partial charge is 0.126 e. The van der Waals surface area contributed by atoms with Gasteiger partial charge < -0.3 is 9.47 Å². The van der Waals surface area contributed by atoms with E-state index in [9.17, 15) is 0 Å². The van der Waals surface area contributed by atoms with Crippen molar-refractivity contribution in [3.8, 4) is 11.5 Å². The largest absolute Gasteiger partial charge is 0.497 e. The van der Waals surface area contributed by atoms with Gasteiger partial charge in [-0.2, -0.15) is 0 Å². The van der Waals surface area contributed by atoms with Crippen LogP contribution in [0.4, 0.5) is 0 Å². The molecule has 0 bridgehead atoms. The SMILES string of the molecule is CCOc1c(C)cccc1C(c1ccc(OC)cc1)c1cccc2c1CCCC2. The fraction of sp³-hybridized carbons (Fsp3) is 0.333. The number of hydrogen-bond donors (Lipinski definition) is 0. The van der Waals surface area contributed by atoms with E-state index in [1.807, 2.05) is 0 Å². The highest BCUT2D eigenvalue weighted by molar-refractivity contribution is 5.55. The zero-order valence-corrected chi connectivity index (χ0v) is 17.7. The van der Waals surface area contributed by atoms with Crippen LogP contribution in [0.1, 0.15) is 59.1 Å². The van der Waals surface area contributed by atoms with Gasteiger partial charge in [0.1, 0.15) is 11.5 Å². The van der Waals surface area contributed by atoms with E-state index in [1.54, 1.807) is 7.11 Å². The zero-order chi connectivity index (χ0) is 20.2. The van der Waals surface area contributed by atoms with Crippen LogP contribution in [-0.2, 0) is 12.8 Å². The Morgan fingerprint density at radius 3 is 2.34 bits per heavy atom. The van der Waals surface area contributed by atoms with Crippen LogP contribution in [0, 0.1) is 6.92 Å². The Hall–Kier alpha value is -2.74. The second kappa shape index (κ2) is 8.73. The molecule has 0 spiro atoms. The van der Waals surface area contributed by atoms with Crippen molar-refractivity contribution < 1.29 is 9.47 Å². The summed E-state index contributed by atoms with van der Waals surface area (Å²) in [6, 6.07) is 21.9. The summed E-state index contributed by atoms with van der Waals surface area (Å²) in [5.74, 6) is 2.05. The third-order valence-corrected chi connectivity index (χ3v) is 6.03. The number of rotatable bonds is 6. The van der Waals surface area contributed by atoms with Crippen molar-refractivity contribution in [3.05, 3.63) is 94.0 Å². The average Bonchev–Trinajstić information content (AvgIpc) is 2.77. The van der Waals surface area contributed by atoms with Crippen LogP contribution < -0.4 is 9.47 Å². The van der Waals surface area contributed by atoms with Gasteiger partial charge in [0.25, 0.3) is 0 Å². The molecule has 29 heavy (non-hydrogen) atoms. The van der Waals surface area contributed by atoms with E-state index in [0.29, 0.717) is 6.61 Å². The Morgan fingerprint density at radius 1 is 0.862 bits per heavy atom. The minimum absolute atomic E-state index is 0.149. The van der Waals surface area contributed by atoms with Crippen molar-refractivity contribution in [2.24, 2.45) is 0 Å². The molecular formula is C27H30O2. The Labute approximate surface area is 174 Å². The van der Waals surface area contributed by atoms with Crippen molar-refractivity contribution in [1.29, 1.82) is 0 Å². The Morgan fingerprint density at radius 2 is 1.59 bits per heavy atom. The molecule has 3 aromatic carbocycles. The summed E-state index contributed by atoms with van der Waals surface area (Å²) in [4.78, 5) is 0. The van der Waals surface area contributed by atoms with Crippen molar-refractivity contribution in [3.63, 3.8) is 0 Å². The second-order valence-electron chi connectivity index (χ2n) is 7.82. The maximum absolute atomic E-state index is 6.16. The molecule has 0 N–H and O–H groups in total. The molecule has 4 rings (SSSR count). The van der Waals surface area contributed by atoms with Crippen LogP contribution >= 0.6 is 0 Å². The Kier molecular flexibility index (Phi) is 5.89. The predicted octanol–water partition coefficient (Wildman–Crippen LogP) is 6.46. The van der Waals surface area contributed by atoms with Crippen molar-refractivity contribution in [2.45, 2.75) is 45.4 Å². The standard InChI is InChI=1S/C27H30O2/c1-4-29-27-19(2)9-7-14-25(27)26(21-15-17-22(28-3)18-16-21)24-13-8-11-20-10-5-6-12-23(20)24/h7-9,11,13-18,26H,4-6,10,12H2,1-3H3. The van der Waals surface area contributed by atoms with Gasteiger partial charge in [-0.3, -0.25) is 0 Å². The van der Waals surface area contributed by atoms with Gasteiger partial charge in [0.2, 0.25) is 0 Å². The van der Waals surface area contributed by atoms with Gasteiger partial charge in [0.15, 0.2) is 0 Å². The zero-order valence-electron chi connectivity index (χ0n) is 17.7. The molecule has 0 aliphatic heterocycles. The van der Waals surface area contributed by atoms with Crippen molar-refractivity contribution in [1.82, 2.24) is 0 Å². The molecule has 0 fully saturated rings. The molecule has 1 atom stereocenters. The molecule has 1 unspecified atom stereocenters. The molecule has 2 nitrogen and oxygen atoms in total. The topological polar surface area (TPSA) is 18.5 Å². The van der Waals surface area contributed by atoms with Crippen LogP contribution in [0.2, 0.25) is 0 Å². The Balaban J connectivity index is 1.93. The molecule has 1 aliphatic rings. The first kappa shape index (κ1) is 19.6. The summed E-state index contributed by atoms with van der Waals surface area (Å²) in [6.07, 6.45) is 4.91. The summed E-state index contributed by atoms with van der Waals surface area (Å²) in [5, 5.41) is 0. The monoisotopic (exact) mass is 386 g/mol. The molecule has 150 valence electrons. The maximum Gasteiger partial charge on any atom is 0.126 e. The average molecular weight is 387 g/mol. The van der Waals surface area contributed by atoms with Crippen molar-refractivity contribution in [2.75, 3.05) is 13.7 Å². The van der Waals surface area contributed by atoms with E-state index in [1.165, 1.54) is 52.6 Å². The first-order valence-corrected chi connectivity index (χ1v) is 10.7. The molecule has 0 radical (unpaired) electrons. The molecule has 0 amide bonds. The summed E-state index contributed by atoms with van der Waals surface area (Å²) in [7, 11) is 1.72. The quantitative estimate of drug-likeness (QED) is 0.453. The van der Waals surface area contributed by atoms with E-state index >= 15 is 0 Å². The van der Waals surface area contributed by atoms with Crippen LogP contribution in [0.3, 0.4) is 0 Å². The summed E-state index contributed by atoms with van der Waals surface area (Å²) in [5.41, 5.74) is 8.17. The van der Waals surface area contributed by atoms with Gasteiger partial charge in [-0.25, -0.2) is 0 Å². The third kappa shape index (κ3) is 3.89. The minimum atomic E-state index is 0.149. The number of para-hydroxylation sites is 1. The molecule has 0 aromatic heterocycles. The van der Waals surface area contributed by atoms with Crippen molar-refractivity contribution >= 4 is 0 Å². The maximum atomic E-state index is 6.16. The first-order chi connectivity index (χ1) is 14.2. The lowest BCUT2D eigenvalue weighted by molar-refractivity contribution is 0.333. The summed E-state index contributed by atoms with van der Waals surface area (Å²) in [6.45, 7) is 4.86. The third-order valence-electron chi connectivity index (χ3n) is 6.03. The number of aryl methyl sites for hydroxylation is 2. The first-order valence-electron chi connectivity index (χ1n) is 10.7. The summed E-state index contributed by atoms with van der Waals surface area (Å²) < 4.78 is 11.6. The highest BCUT2D eigenvalue weighted by Crippen LogP contribution is 2.42. The second-order valence-corrected chi connectivity index (χ2v) is 7.82. The highest BCUT2D eigenvalue weighted by atomic mass is 16.5. The highest BCUT2D eigenvalue weighted by Gasteiger charge is 2.26. The van der Waals surface area contributed by atoms with E-state index in [-0.39, 0.29) is 5.92 Å². The van der Waals surface area contributed by atoms with Gasteiger partial charge in [0, 0.05) is 11.5 Å². The molecule has 3 aromatic rings. The van der Waals surface area contributed by atoms with E-state index in [0.717, 1.165) is 17.9 Å². The Bertz CT molecular complexity index is 972. The predicted molar refractivity (Wildman–Crippen MR) is 119 cm³/mol. The van der Waals surface area contributed by atoms with Gasteiger partial charge in [-0.05, 0) is 79.5 Å². The summed E-state index contributed by atoms with van der Waals surface area (Å²) >= 11 is 0. The fourth-order valence-electron chi connectivity index (χ4n) is 4.65. The molecule has 0 saturated carbocycles. The number of benzene rings is 3. The fourth-order valence-corrected chi connectivity index (χ4v) is 4.65. The van der Waals surface area contributed by atoms with E-state index < -0.39 is 0 Å². The van der Waals surface area contributed by atoms with Gasteiger partial charge in [-0.1, -0.05) is 48.5 Å². The lowest BCUT2D eigenvalue weighted by Gasteiger charge is -2.28.